The van der Waals surface area contributed by atoms with Gasteiger partial charge in [-0.2, -0.15) is 4.98 Å². The fraction of sp³-hybridized carbons (Fsp3) is 0.222. The Balaban J connectivity index is 1.46. The topological polar surface area (TPSA) is 109 Å². The molecule has 2 heterocycles. The summed E-state index contributed by atoms with van der Waals surface area (Å²) in [6, 6.07) is 19.2. The van der Waals surface area contributed by atoms with Crippen LogP contribution in [0, 0.1) is 0 Å². The van der Waals surface area contributed by atoms with E-state index in [4.69, 9.17) is 23.4 Å². The van der Waals surface area contributed by atoms with Crippen LogP contribution in [-0.2, 0) is 16.3 Å². The lowest BCUT2D eigenvalue weighted by atomic mass is 10.1. The molecule has 3 aromatic carbocycles. The smallest absolute Gasteiger partial charge is 0.233 e. The van der Waals surface area contributed by atoms with Crippen LogP contribution in [0.2, 0.25) is 0 Å². The summed E-state index contributed by atoms with van der Waals surface area (Å²) >= 11 is 0. The van der Waals surface area contributed by atoms with Gasteiger partial charge in [-0.05, 0) is 60.5 Å². The summed E-state index contributed by atoms with van der Waals surface area (Å²) in [4.78, 5) is 4.43. The maximum atomic E-state index is 13.7. The summed E-state index contributed by atoms with van der Waals surface area (Å²) in [6.45, 7) is 1.18. The molecule has 1 aliphatic heterocycles. The van der Waals surface area contributed by atoms with Crippen LogP contribution in [0.3, 0.4) is 0 Å². The van der Waals surface area contributed by atoms with Crippen LogP contribution in [0.1, 0.15) is 5.56 Å². The van der Waals surface area contributed by atoms with Gasteiger partial charge in [0.25, 0.3) is 0 Å². The molecule has 0 fully saturated rings. The van der Waals surface area contributed by atoms with E-state index in [9.17, 15) is 8.42 Å². The standard InChI is InChI=1S/C27H26N2O7S/c1-32-20-7-3-18(4-8-20)13-14-28-26-27(29-25(36-26)19-5-9-21(33-2)10-6-19)37(30,31)22-11-12-23-24(17-22)35-16-15-34-23/h3-12,17,28H,13-16H2,1-2H3. The number of anilines is 1. The normalized spacial score (nSPS) is 12.7. The number of benzene rings is 3. The number of sulfone groups is 1. The van der Waals surface area contributed by atoms with Gasteiger partial charge in [-0.1, -0.05) is 12.1 Å². The summed E-state index contributed by atoms with van der Waals surface area (Å²) in [5.41, 5.74) is 1.67. The van der Waals surface area contributed by atoms with Crippen molar-refractivity contribution in [2.75, 3.05) is 39.3 Å². The van der Waals surface area contributed by atoms with Crippen LogP contribution >= 0.6 is 0 Å². The first-order chi connectivity index (χ1) is 18.0. The number of rotatable bonds is 9. The van der Waals surface area contributed by atoms with E-state index in [1.165, 1.54) is 12.1 Å². The van der Waals surface area contributed by atoms with Crippen molar-refractivity contribution in [2.45, 2.75) is 16.3 Å². The molecule has 37 heavy (non-hydrogen) atoms. The van der Waals surface area contributed by atoms with Gasteiger partial charge < -0.3 is 28.7 Å². The molecule has 1 N–H and O–H groups in total. The third kappa shape index (κ3) is 5.19. The third-order valence-electron chi connectivity index (χ3n) is 5.87. The Kier molecular flexibility index (Phi) is 6.91. The van der Waals surface area contributed by atoms with Crippen molar-refractivity contribution in [3.8, 4) is 34.5 Å². The molecule has 0 unspecified atom stereocenters. The number of oxazole rings is 1. The monoisotopic (exact) mass is 522 g/mol. The van der Waals surface area contributed by atoms with Gasteiger partial charge in [-0.3, -0.25) is 0 Å². The second kappa shape index (κ2) is 10.4. The molecule has 9 nitrogen and oxygen atoms in total. The van der Waals surface area contributed by atoms with Gasteiger partial charge in [0.1, 0.15) is 24.7 Å². The maximum Gasteiger partial charge on any atom is 0.233 e. The molecule has 0 aliphatic carbocycles. The Bertz CT molecular complexity index is 1480. The summed E-state index contributed by atoms with van der Waals surface area (Å²) < 4.78 is 54.9. The van der Waals surface area contributed by atoms with Gasteiger partial charge in [0.2, 0.25) is 26.6 Å². The number of ether oxygens (including phenoxy) is 4. The zero-order valence-electron chi connectivity index (χ0n) is 20.4. The van der Waals surface area contributed by atoms with Crippen molar-refractivity contribution in [1.82, 2.24) is 4.98 Å². The van der Waals surface area contributed by atoms with Crippen molar-refractivity contribution in [1.29, 1.82) is 0 Å². The Hall–Kier alpha value is -4.18. The van der Waals surface area contributed by atoms with Gasteiger partial charge in [0, 0.05) is 18.2 Å². The highest BCUT2D eigenvalue weighted by Gasteiger charge is 2.30. The Morgan fingerprint density at radius 2 is 1.51 bits per heavy atom. The number of nitrogens with zero attached hydrogens (tertiary/aromatic N) is 1. The summed E-state index contributed by atoms with van der Waals surface area (Å²) in [5.74, 6) is 2.54. The SMILES string of the molecule is COc1ccc(CCNc2oc(-c3ccc(OC)cc3)nc2S(=O)(=O)c2ccc3c(c2)OCCO3)cc1. The summed E-state index contributed by atoms with van der Waals surface area (Å²) in [5, 5.41) is 2.92. The van der Waals surface area contributed by atoms with E-state index in [2.05, 4.69) is 10.3 Å². The van der Waals surface area contributed by atoms with E-state index in [1.54, 1.807) is 44.6 Å². The van der Waals surface area contributed by atoms with E-state index in [0.29, 0.717) is 49.0 Å². The van der Waals surface area contributed by atoms with Crippen molar-refractivity contribution < 1.29 is 31.8 Å². The molecule has 5 rings (SSSR count). The number of hydrogen-bond donors (Lipinski definition) is 1. The predicted octanol–water partition coefficient (Wildman–Crippen LogP) is 4.62. The minimum Gasteiger partial charge on any atom is -0.497 e. The lowest BCUT2D eigenvalue weighted by molar-refractivity contribution is 0.171. The quantitative estimate of drug-likeness (QED) is 0.337. The molecule has 192 valence electrons. The van der Waals surface area contributed by atoms with Crippen molar-refractivity contribution in [3.05, 3.63) is 72.3 Å². The van der Waals surface area contributed by atoms with E-state index in [1.807, 2.05) is 24.3 Å². The summed E-state index contributed by atoms with van der Waals surface area (Å²) in [6.07, 6.45) is 0.631. The van der Waals surface area contributed by atoms with E-state index in [-0.39, 0.29) is 21.7 Å². The Morgan fingerprint density at radius 1 is 0.865 bits per heavy atom. The number of aromatic nitrogens is 1. The van der Waals surface area contributed by atoms with Crippen LogP contribution < -0.4 is 24.3 Å². The first-order valence-electron chi connectivity index (χ1n) is 11.6. The maximum absolute atomic E-state index is 13.7. The average Bonchev–Trinajstić information content (AvgIpc) is 3.38. The lowest BCUT2D eigenvalue weighted by Crippen LogP contribution is -2.16. The second-order valence-corrected chi connectivity index (χ2v) is 10.1. The molecule has 0 amide bonds. The molecule has 1 aromatic heterocycles. The number of fused-ring (bicyclic) bond motifs is 1. The fourth-order valence-corrected chi connectivity index (χ4v) is 5.17. The highest BCUT2D eigenvalue weighted by molar-refractivity contribution is 7.91. The van der Waals surface area contributed by atoms with Crippen molar-refractivity contribution in [2.24, 2.45) is 0 Å². The van der Waals surface area contributed by atoms with Gasteiger partial charge in [-0.25, -0.2) is 8.42 Å². The molecule has 0 saturated heterocycles. The largest absolute Gasteiger partial charge is 0.497 e. The van der Waals surface area contributed by atoms with Gasteiger partial charge >= 0.3 is 0 Å². The van der Waals surface area contributed by atoms with Crippen molar-refractivity contribution >= 4 is 15.7 Å². The zero-order chi connectivity index (χ0) is 25.8. The molecule has 0 saturated carbocycles. The van der Waals surface area contributed by atoms with Crippen molar-refractivity contribution in [3.63, 3.8) is 0 Å². The molecule has 10 heteroatoms. The average molecular weight is 523 g/mol. The number of hydrogen-bond acceptors (Lipinski definition) is 9. The van der Waals surface area contributed by atoms with Gasteiger partial charge in [0.15, 0.2) is 11.5 Å². The molecular formula is C27H26N2O7S. The molecule has 0 atom stereocenters. The van der Waals surface area contributed by atoms with E-state index >= 15 is 0 Å². The predicted molar refractivity (Wildman–Crippen MR) is 137 cm³/mol. The van der Waals surface area contributed by atoms with Crippen LogP contribution in [0.15, 0.2) is 81.1 Å². The highest BCUT2D eigenvalue weighted by Crippen LogP contribution is 2.37. The van der Waals surface area contributed by atoms with Crippen LogP contribution in [0.4, 0.5) is 5.88 Å². The van der Waals surface area contributed by atoms with Crippen LogP contribution in [0.5, 0.6) is 23.0 Å². The minimum atomic E-state index is -4.05. The molecule has 0 bridgehead atoms. The molecule has 0 spiro atoms. The van der Waals surface area contributed by atoms with E-state index in [0.717, 1.165) is 11.3 Å². The lowest BCUT2D eigenvalue weighted by Gasteiger charge is -2.18. The number of nitrogens with one attached hydrogen (secondary N) is 1. The molecular weight excluding hydrogens is 496 g/mol. The molecule has 0 radical (unpaired) electrons. The summed E-state index contributed by atoms with van der Waals surface area (Å²) in [7, 11) is -0.863. The number of methoxy groups -OCH3 is 2. The van der Waals surface area contributed by atoms with E-state index < -0.39 is 9.84 Å². The minimum absolute atomic E-state index is 0.0320. The van der Waals surface area contributed by atoms with Crippen LogP contribution in [-0.4, -0.2) is 47.4 Å². The fourth-order valence-electron chi connectivity index (χ4n) is 3.87. The van der Waals surface area contributed by atoms with Gasteiger partial charge in [0.05, 0.1) is 19.1 Å². The van der Waals surface area contributed by atoms with Crippen LogP contribution in [0.25, 0.3) is 11.5 Å². The third-order valence-corrected chi connectivity index (χ3v) is 7.53. The Labute approximate surface area is 214 Å². The molecule has 1 aliphatic rings. The Morgan fingerprint density at radius 3 is 2.19 bits per heavy atom. The highest BCUT2D eigenvalue weighted by atomic mass is 32.2. The first kappa shape index (κ1) is 24.5. The first-order valence-corrected chi connectivity index (χ1v) is 13.1. The van der Waals surface area contributed by atoms with Gasteiger partial charge in [-0.15, -0.1) is 0 Å². The second-order valence-electron chi connectivity index (χ2n) is 8.22. The zero-order valence-corrected chi connectivity index (χ0v) is 21.2. The molecule has 4 aromatic rings.